The largest absolute Gasteiger partial charge is 0.573 e. The highest BCUT2D eigenvalue weighted by Gasteiger charge is 2.62. The van der Waals surface area contributed by atoms with Crippen molar-refractivity contribution < 1.29 is 54.5 Å². The minimum Gasteiger partial charge on any atom is -0.504 e. The van der Waals surface area contributed by atoms with E-state index in [-0.39, 0.29) is 13.2 Å². The highest BCUT2D eigenvalue weighted by atomic mass is 19.4. The van der Waals surface area contributed by atoms with Gasteiger partial charge in [0.2, 0.25) is 11.8 Å². The van der Waals surface area contributed by atoms with Crippen LogP contribution in [0.25, 0.3) is 0 Å². The smallest absolute Gasteiger partial charge is 0.504 e. The number of hydrogen-bond acceptors (Lipinski definition) is 6. The van der Waals surface area contributed by atoms with Crippen LogP contribution in [-0.2, 0) is 17.2 Å². The van der Waals surface area contributed by atoms with Gasteiger partial charge in [-0.1, -0.05) is 0 Å². The number of nitrogens with one attached hydrogen (secondary N) is 1. The number of ether oxygens (including phenoxy) is 2. The molecule has 0 unspecified atom stereocenters. The Labute approximate surface area is 167 Å². The van der Waals surface area contributed by atoms with Crippen LogP contribution >= 0.6 is 0 Å². The molecular formula is C15H12F8N4O4. The van der Waals surface area contributed by atoms with Gasteiger partial charge in [0.25, 0.3) is 5.91 Å². The SMILES string of the molecule is COCCn1nc(C(F)(F)C(F)(F)F)nc1NC(=O)c1ccc(OC(F)(F)F)c(O)c1. The number of phenolic OH excluding ortho intramolecular Hbond substituents is 1. The first kappa shape index (κ1) is 24.1. The number of hydrogen-bond donors (Lipinski definition) is 2. The van der Waals surface area contributed by atoms with Crippen LogP contribution in [0.3, 0.4) is 0 Å². The second-order valence-corrected chi connectivity index (χ2v) is 5.73. The molecule has 172 valence electrons. The fourth-order valence-corrected chi connectivity index (χ4v) is 2.07. The molecule has 0 atom stereocenters. The molecule has 0 aliphatic heterocycles. The van der Waals surface area contributed by atoms with Gasteiger partial charge >= 0.3 is 18.5 Å². The molecule has 0 spiro atoms. The number of benzene rings is 1. The average Bonchev–Trinajstić information content (AvgIpc) is 3.03. The Morgan fingerprint density at radius 2 is 1.81 bits per heavy atom. The lowest BCUT2D eigenvalue weighted by atomic mass is 10.2. The molecule has 2 N–H and O–H groups in total. The van der Waals surface area contributed by atoms with E-state index in [0.717, 1.165) is 6.07 Å². The van der Waals surface area contributed by atoms with Crippen LogP contribution in [0.15, 0.2) is 18.2 Å². The van der Waals surface area contributed by atoms with Crippen LogP contribution in [0.5, 0.6) is 11.5 Å². The standard InChI is InChI=1S/C15H12F8N4O4/c1-30-5-4-27-12(25-11(26-27)13(16,17)14(18,19)20)24-10(29)7-2-3-9(8(28)6-7)31-15(21,22)23/h2-3,6,28H,4-5H2,1H3,(H,24,25,26,29). The average molecular weight is 464 g/mol. The van der Waals surface area contributed by atoms with Crippen LogP contribution in [0, 0.1) is 0 Å². The van der Waals surface area contributed by atoms with Gasteiger partial charge in [-0.2, -0.15) is 26.9 Å². The monoisotopic (exact) mass is 464 g/mol. The van der Waals surface area contributed by atoms with E-state index in [9.17, 15) is 45.0 Å². The van der Waals surface area contributed by atoms with Crippen molar-refractivity contribution in [3.8, 4) is 11.5 Å². The van der Waals surface area contributed by atoms with E-state index in [0.29, 0.717) is 16.8 Å². The molecule has 0 saturated heterocycles. The summed E-state index contributed by atoms with van der Waals surface area (Å²) in [6.45, 7) is -0.579. The summed E-state index contributed by atoms with van der Waals surface area (Å²) in [6, 6.07) is 1.92. The molecule has 1 amide bonds. The lowest BCUT2D eigenvalue weighted by molar-refractivity contribution is -0.292. The number of amides is 1. The Balaban J connectivity index is 2.32. The number of aromatic nitrogens is 3. The van der Waals surface area contributed by atoms with E-state index in [1.54, 1.807) is 0 Å². The molecule has 2 aromatic rings. The Bertz CT molecular complexity index is 942. The molecule has 1 heterocycles. The molecule has 1 aromatic carbocycles. The Morgan fingerprint density at radius 1 is 1.16 bits per heavy atom. The third kappa shape index (κ3) is 5.71. The van der Waals surface area contributed by atoms with Gasteiger partial charge in [0.15, 0.2) is 11.5 Å². The lowest BCUT2D eigenvalue weighted by Gasteiger charge is -2.15. The van der Waals surface area contributed by atoms with E-state index in [1.807, 2.05) is 5.32 Å². The predicted octanol–water partition coefficient (Wildman–Crippen LogP) is 3.44. The highest BCUT2D eigenvalue weighted by Crippen LogP contribution is 2.42. The fraction of sp³-hybridized carbons (Fsp3) is 0.400. The minimum absolute atomic E-state index is 0.201. The topological polar surface area (TPSA) is 98.5 Å². The van der Waals surface area contributed by atoms with E-state index < -0.39 is 53.2 Å². The Kier molecular flexibility index (Phi) is 6.63. The molecular weight excluding hydrogens is 452 g/mol. The van der Waals surface area contributed by atoms with E-state index in [4.69, 9.17) is 0 Å². The van der Waals surface area contributed by atoms with E-state index >= 15 is 0 Å². The van der Waals surface area contributed by atoms with Gasteiger partial charge in [-0.25, -0.2) is 4.68 Å². The maximum Gasteiger partial charge on any atom is 0.573 e. The van der Waals surface area contributed by atoms with Crippen molar-refractivity contribution in [3.63, 3.8) is 0 Å². The molecule has 16 heteroatoms. The molecule has 8 nitrogen and oxygen atoms in total. The van der Waals surface area contributed by atoms with Crippen LogP contribution in [0.1, 0.15) is 16.2 Å². The van der Waals surface area contributed by atoms with Gasteiger partial charge in [-0.05, 0) is 18.2 Å². The van der Waals surface area contributed by atoms with Gasteiger partial charge in [0.05, 0.1) is 13.2 Å². The molecule has 0 radical (unpaired) electrons. The summed E-state index contributed by atoms with van der Waals surface area (Å²) in [6.07, 6.45) is -11.1. The quantitative estimate of drug-likeness (QED) is 0.610. The summed E-state index contributed by atoms with van der Waals surface area (Å²) in [5.41, 5.74) is -0.488. The Hall–Kier alpha value is -3.17. The summed E-state index contributed by atoms with van der Waals surface area (Å²) < 4.78 is 110. The number of carbonyl (C=O) groups excluding carboxylic acids is 1. The number of nitrogens with zero attached hydrogens (tertiary/aromatic N) is 3. The second-order valence-electron chi connectivity index (χ2n) is 5.73. The van der Waals surface area contributed by atoms with Gasteiger partial charge in [-0.3, -0.25) is 10.1 Å². The van der Waals surface area contributed by atoms with Gasteiger partial charge in [0.1, 0.15) is 0 Å². The van der Waals surface area contributed by atoms with Gasteiger partial charge in [0, 0.05) is 12.7 Å². The van der Waals surface area contributed by atoms with Crippen molar-refractivity contribution in [1.29, 1.82) is 0 Å². The van der Waals surface area contributed by atoms with Crippen LogP contribution in [0.2, 0.25) is 0 Å². The molecule has 0 saturated carbocycles. The fourth-order valence-electron chi connectivity index (χ4n) is 2.07. The number of carbonyl (C=O) groups is 1. The maximum atomic E-state index is 13.5. The number of phenols is 1. The molecule has 0 fully saturated rings. The molecule has 0 bridgehead atoms. The molecule has 0 aliphatic rings. The van der Waals surface area contributed by atoms with E-state index in [2.05, 4.69) is 19.6 Å². The van der Waals surface area contributed by atoms with Crippen LogP contribution in [0.4, 0.5) is 41.1 Å². The second kappa shape index (κ2) is 8.52. The molecule has 0 aliphatic carbocycles. The highest BCUT2D eigenvalue weighted by molar-refractivity contribution is 6.03. The van der Waals surface area contributed by atoms with Crippen molar-refractivity contribution in [2.24, 2.45) is 0 Å². The normalized spacial score (nSPS) is 12.7. The van der Waals surface area contributed by atoms with Crippen molar-refractivity contribution in [2.75, 3.05) is 19.0 Å². The summed E-state index contributed by atoms with van der Waals surface area (Å²) in [5.74, 6) is -11.5. The summed E-state index contributed by atoms with van der Waals surface area (Å²) in [5, 5.41) is 14.5. The third-order valence-electron chi connectivity index (χ3n) is 3.49. The van der Waals surface area contributed by atoms with Crippen LogP contribution in [-0.4, -0.2) is 52.0 Å². The predicted molar refractivity (Wildman–Crippen MR) is 84.6 cm³/mol. The number of aromatic hydroxyl groups is 1. The van der Waals surface area contributed by atoms with Crippen molar-refractivity contribution in [2.45, 2.75) is 25.0 Å². The van der Waals surface area contributed by atoms with Crippen molar-refractivity contribution >= 4 is 11.9 Å². The summed E-state index contributed by atoms with van der Waals surface area (Å²) in [4.78, 5) is 15.3. The number of halogens is 8. The van der Waals surface area contributed by atoms with Gasteiger partial charge in [-0.15, -0.1) is 18.3 Å². The zero-order valence-corrected chi connectivity index (χ0v) is 15.2. The maximum absolute atomic E-state index is 13.5. The van der Waals surface area contributed by atoms with E-state index in [1.165, 1.54) is 7.11 Å². The minimum atomic E-state index is -6.01. The first-order valence-electron chi connectivity index (χ1n) is 7.94. The molecule has 1 aromatic heterocycles. The summed E-state index contributed by atoms with van der Waals surface area (Å²) >= 11 is 0. The van der Waals surface area contributed by atoms with Crippen molar-refractivity contribution in [1.82, 2.24) is 14.8 Å². The number of alkyl halides is 8. The zero-order valence-electron chi connectivity index (χ0n) is 15.2. The number of anilines is 1. The first-order chi connectivity index (χ1) is 14.2. The number of methoxy groups -OCH3 is 1. The van der Waals surface area contributed by atoms with Crippen molar-refractivity contribution in [3.05, 3.63) is 29.6 Å². The zero-order chi connectivity index (χ0) is 23.6. The lowest BCUT2D eigenvalue weighted by Crippen LogP contribution is -2.35. The molecule has 31 heavy (non-hydrogen) atoms. The van der Waals surface area contributed by atoms with Gasteiger partial charge < -0.3 is 14.6 Å². The Morgan fingerprint density at radius 3 is 2.32 bits per heavy atom. The first-order valence-corrected chi connectivity index (χ1v) is 7.94. The van der Waals surface area contributed by atoms with Crippen LogP contribution < -0.4 is 10.1 Å². The summed E-state index contributed by atoms with van der Waals surface area (Å²) in [7, 11) is 1.20. The number of rotatable bonds is 7. The third-order valence-corrected chi connectivity index (χ3v) is 3.49. The molecule has 2 rings (SSSR count).